The predicted molar refractivity (Wildman–Crippen MR) is 64.0 cm³/mol. The van der Waals surface area contributed by atoms with Gasteiger partial charge >= 0.3 is 0 Å². The van der Waals surface area contributed by atoms with Crippen LogP contribution in [0.5, 0.6) is 0 Å². The molecule has 0 atom stereocenters. The summed E-state index contributed by atoms with van der Waals surface area (Å²) in [6, 6.07) is 7.73. The summed E-state index contributed by atoms with van der Waals surface area (Å²) in [6.45, 7) is 0. The Bertz CT molecular complexity index is 660. The monoisotopic (exact) mass is 226 g/mol. The van der Waals surface area contributed by atoms with E-state index in [9.17, 15) is 0 Å². The summed E-state index contributed by atoms with van der Waals surface area (Å²) in [7, 11) is 1.80. The summed E-state index contributed by atoms with van der Waals surface area (Å²) in [5, 5.41) is 11.1. The van der Waals surface area contributed by atoms with E-state index in [4.69, 9.17) is 0 Å². The second kappa shape index (κ2) is 3.82. The van der Waals surface area contributed by atoms with Gasteiger partial charge in [-0.1, -0.05) is 17.3 Å². The molecule has 84 valence electrons. The molecule has 2 aromatic heterocycles. The first kappa shape index (κ1) is 9.71. The van der Waals surface area contributed by atoms with Crippen LogP contribution in [-0.2, 0) is 0 Å². The van der Waals surface area contributed by atoms with E-state index in [2.05, 4.69) is 25.6 Å². The number of nitrogens with one attached hydrogen (secondary N) is 1. The van der Waals surface area contributed by atoms with E-state index in [-0.39, 0.29) is 0 Å². The van der Waals surface area contributed by atoms with E-state index >= 15 is 0 Å². The number of nitrogens with zero attached hydrogens (tertiary/aromatic N) is 5. The van der Waals surface area contributed by atoms with Crippen LogP contribution >= 0.6 is 0 Å². The zero-order valence-electron chi connectivity index (χ0n) is 9.20. The highest BCUT2D eigenvalue weighted by Gasteiger charge is 2.07. The number of hydrogen-bond acceptors (Lipinski definition) is 5. The lowest BCUT2D eigenvalue weighted by molar-refractivity contribution is 0.796. The Hall–Kier alpha value is -2.50. The summed E-state index contributed by atoms with van der Waals surface area (Å²) in [5.74, 6) is 1.34. The minimum Gasteiger partial charge on any atom is -0.372 e. The number of fused-ring (bicyclic) bond motifs is 1. The first-order chi connectivity index (χ1) is 8.38. The van der Waals surface area contributed by atoms with Gasteiger partial charge in [0.05, 0.1) is 17.9 Å². The highest BCUT2D eigenvalue weighted by molar-refractivity contribution is 5.75. The molecule has 0 aliphatic rings. The first-order valence-electron chi connectivity index (χ1n) is 5.19. The summed E-state index contributed by atoms with van der Waals surface area (Å²) < 4.78 is 1.67. The van der Waals surface area contributed by atoms with Crippen molar-refractivity contribution in [1.29, 1.82) is 0 Å². The lowest BCUT2D eigenvalue weighted by atomic mass is 10.3. The zero-order chi connectivity index (χ0) is 11.7. The average Bonchev–Trinajstić information content (AvgIpc) is 2.82. The number of rotatable bonds is 2. The molecule has 6 nitrogen and oxygen atoms in total. The Morgan fingerprint density at radius 1 is 1.18 bits per heavy atom. The molecule has 1 aromatic carbocycles. The maximum absolute atomic E-state index is 4.37. The fourth-order valence-corrected chi connectivity index (χ4v) is 1.62. The maximum atomic E-state index is 4.37. The largest absolute Gasteiger partial charge is 0.372 e. The van der Waals surface area contributed by atoms with Gasteiger partial charge in [0, 0.05) is 7.05 Å². The van der Waals surface area contributed by atoms with Crippen molar-refractivity contribution in [3.63, 3.8) is 0 Å². The van der Waals surface area contributed by atoms with Gasteiger partial charge in [-0.2, -0.15) is 4.68 Å². The standard InChI is InChI=1S/C11H10N6/c1-12-10-6-13-7-11(14-10)17-9-5-3-2-4-8(9)15-16-17/h2-7H,1H3,(H,12,14). The normalized spacial score (nSPS) is 10.6. The molecule has 0 aliphatic carbocycles. The summed E-state index contributed by atoms with van der Waals surface area (Å²) in [6.07, 6.45) is 3.31. The molecule has 0 fully saturated rings. The van der Waals surface area contributed by atoms with E-state index in [1.54, 1.807) is 24.1 Å². The minimum absolute atomic E-state index is 0.644. The van der Waals surface area contributed by atoms with Gasteiger partial charge in [0.15, 0.2) is 5.82 Å². The number of para-hydroxylation sites is 1. The molecule has 0 spiro atoms. The van der Waals surface area contributed by atoms with Gasteiger partial charge in [-0.15, -0.1) is 5.10 Å². The Kier molecular flexibility index (Phi) is 2.18. The smallest absolute Gasteiger partial charge is 0.176 e. The van der Waals surface area contributed by atoms with Crippen LogP contribution in [-0.4, -0.2) is 32.0 Å². The van der Waals surface area contributed by atoms with Gasteiger partial charge in [0.25, 0.3) is 0 Å². The van der Waals surface area contributed by atoms with Crippen molar-refractivity contribution in [3.05, 3.63) is 36.7 Å². The second-order valence-corrected chi connectivity index (χ2v) is 3.50. The molecule has 0 radical (unpaired) electrons. The number of aromatic nitrogens is 5. The summed E-state index contributed by atoms with van der Waals surface area (Å²) in [4.78, 5) is 8.48. The van der Waals surface area contributed by atoms with Crippen LogP contribution in [0.1, 0.15) is 0 Å². The highest BCUT2D eigenvalue weighted by atomic mass is 15.4. The lowest BCUT2D eigenvalue weighted by Crippen LogP contribution is -2.03. The number of benzene rings is 1. The molecule has 0 aliphatic heterocycles. The molecule has 0 saturated carbocycles. The van der Waals surface area contributed by atoms with Gasteiger partial charge in [-0.25, -0.2) is 4.98 Å². The van der Waals surface area contributed by atoms with Crippen molar-refractivity contribution in [3.8, 4) is 5.82 Å². The van der Waals surface area contributed by atoms with Crippen LogP contribution < -0.4 is 5.32 Å². The third-order valence-corrected chi connectivity index (χ3v) is 2.45. The van der Waals surface area contributed by atoms with Gasteiger partial charge in [-0.05, 0) is 12.1 Å². The summed E-state index contributed by atoms with van der Waals surface area (Å²) in [5.41, 5.74) is 1.75. The third kappa shape index (κ3) is 1.59. The molecule has 1 N–H and O–H groups in total. The van der Waals surface area contributed by atoms with Gasteiger partial charge in [-0.3, -0.25) is 4.98 Å². The van der Waals surface area contributed by atoms with Crippen molar-refractivity contribution in [2.45, 2.75) is 0 Å². The number of hydrogen-bond donors (Lipinski definition) is 1. The predicted octanol–water partition coefficient (Wildman–Crippen LogP) is 1.25. The van der Waals surface area contributed by atoms with Gasteiger partial charge < -0.3 is 5.32 Å². The molecular weight excluding hydrogens is 216 g/mol. The van der Waals surface area contributed by atoms with E-state index in [0.717, 1.165) is 11.0 Å². The summed E-state index contributed by atoms with van der Waals surface area (Å²) >= 11 is 0. The Morgan fingerprint density at radius 3 is 2.94 bits per heavy atom. The van der Waals surface area contributed by atoms with Crippen LogP contribution in [0.25, 0.3) is 16.9 Å². The molecule has 0 bridgehead atoms. The Morgan fingerprint density at radius 2 is 2.06 bits per heavy atom. The molecule has 2 heterocycles. The van der Waals surface area contributed by atoms with Crippen LogP contribution in [0.4, 0.5) is 5.82 Å². The molecule has 3 rings (SSSR count). The van der Waals surface area contributed by atoms with Gasteiger partial charge in [0.1, 0.15) is 11.3 Å². The highest BCUT2D eigenvalue weighted by Crippen LogP contribution is 2.14. The number of anilines is 1. The molecule has 0 saturated heterocycles. The lowest BCUT2D eigenvalue weighted by Gasteiger charge is -2.02. The van der Waals surface area contributed by atoms with Crippen molar-refractivity contribution < 1.29 is 0 Å². The molecule has 3 aromatic rings. The fraction of sp³-hybridized carbons (Fsp3) is 0.0909. The van der Waals surface area contributed by atoms with E-state index < -0.39 is 0 Å². The van der Waals surface area contributed by atoms with Crippen LogP contribution in [0.3, 0.4) is 0 Å². The average molecular weight is 226 g/mol. The van der Waals surface area contributed by atoms with Crippen molar-refractivity contribution in [2.24, 2.45) is 0 Å². The molecule has 6 heteroatoms. The van der Waals surface area contributed by atoms with Gasteiger partial charge in [0.2, 0.25) is 0 Å². The quantitative estimate of drug-likeness (QED) is 0.712. The van der Waals surface area contributed by atoms with E-state index in [1.165, 1.54) is 0 Å². The molecule has 0 amide bonds. The molecule has 0 unspecified atom stereocenters. The Labute approximate surface area is 97.3 Å². The van der Waals surface area contributed by atoms with E-state index in [0.29, 0.717) is 11.6 Å². The topological polar surface area (TPSA) is 68.5 Å². The fourth-order valence-electron chi connectivity index (χ4n) is 1.62. The minimum atomic E-state index is 0.644. The SMILES string of the molecule is CNc1cncc(-n2nnc3ccccc32)n1. The first-order valence-corrected chi connectivity index (χ1v) is 5.19. The second-order valence-electron chi connectivity index (χ2n) is 3.50. The maximum Gasteiger partial charge on any atom is 0.176 e. The van der Waals surface area contributed by atoms with Crippen molar-refractivity contribution in [1.82, 2.24) is 25.0 Å². The van der Waals surface area contributed by atoms with E-state index in [1.807, 2.05) is 24.3 Å². The molecular formula is C11H10N6. The van der Waals surface area contributed by atoms with Crippen molar-refractivity contribution in [2.75, 3.05) is 12.4 Å². The van der Waals surface area contributed by atoms with Crippen molar-refractivity contribution >= 4 is 16.9 Å². The third-order valence-electron chi connectivity index (χ3n) is 2.45. The van der Waals surface area contributed by atoms with Crippen LogP contribution in [0.2, 0.25) is 0 Å². The van der Waals surface area contributed by atoms with Crippen LogP contribution in [0, 0.1) is 0 Å². The van der Waals surface area contributed by atoms with Crippen LogP contribution in [0.15, 0.2) is 36.7 Å². The molecule has 17 heavy (non-hydrogen) atoms. The zero-order valence-corrected chi connectivity index (χ0v) is 9.20. The Balaban J connectivity index is 2.20.